The van der Waals surface area contributed by atoms with E-state index >= 15 is 0 Å². The van der Waals surface area contributed by atoms with Crippen molar-refractivity contribution < 1.29 is 19.4 Å². The smallest absolute Gasteiger partial charge is 0.414 e. The summed E-state index contributed by atoms with van der Waals surface area (Å²) in [7, 11) is 1.41. The number of rotatable bonds is 4. The highest BCUT2D eigenvalue weighted by Crippen LogP contribution is 2.22. The number of amides is 1. The Hall–Kier alpha value is -2.60. The lowest BCUT2D eigenvalue weighted by Gasteiger charge is -2.18. The minimum absolute atomic E-state index is 0.0344. The first-order valence-electron chi connectivity index (χ1n) is 6.32. The van der Waals surface area contributed by atoms with Crippen LogP contribution in [0, 0.1) is 0 Å². The van der Waals surface area contributed by atoms with Gasteiger partial charge in [0.2, 0.25) is 0 Å². The molecule has 6 nitrogen and oxygen atoms in total. The molecule has 1 N–H and O–H groups in total. The number of halogens is 1. The van der Waals surface area contributed by atoms with Crippen LogP contribution in [0.5, 0.6) is 0 Å². The van der Waals surface area contributed by atoms with E-state index in [0.717, 1.165) is 10.5 Å². The molecule has 0 aliphatic heterocycles. The molecule has 2 aromatic rings. The predicted molar refractivity (Wildman–Crippen MR) is 81.2 cm³/mol. The SMILES string of the molecule is CN(C(=O)OCc1ccccc1)c1cnc(Cl)cc1C(=O)O. The molecule has 2 rings (SSSR count). The molecule has 0 saturated carbocycles. The van der Waals surface area contributed by atoms with Crippen LogP contribution in [0.15, 0.2) is 42.6 Å². The summed E-state index contributed by atoms with van der Waals surface area (Å²) in [6.07, 6.45) is 0.533. The molecule has 0 spiro atoms. The van der Waals surface area contributed by atoms with E-state index in [4.69, 9.17) is 21.4 Å². The molecule has 0 atom stereocenters. The van der Waals surface area contributed by atoms with E-state index < -0.39 is 12.1 Å². The van der Waals surface area contributed by atoms with E-state index in [1.54, 1.807) is 0 Å². The molecule has 0 bridgehead atoms. The molecule has 22 heavy (non-hydrogen) atoms. The topological polar surface area (TPSA) is 79.7 Å². The van der Waals surface area contributed by atoms with Gasteiger partial charge in [-0.25, -0.2) is 14.6 Å². The monoisotopic (exact) mass is 320 g/mol. The fourth-order valence-corrected chi connectivity index (χ4v) is 1.93. The van der Waals surface area contributed by atoms with E-state index in [2.05, 4.69) is 4.98 Å². The molecule has 1 heterocycles. The van der Waals surface area contributed by atoms with Crippen molar-refractivity contribution >= 4 is 29.4 Å². The number of ether oxygens (including phenoxy) is 1. The Morgan fingerprint density at radius 3 is 2.64 bits per heavy atom. The van der Waals surface area contributed by atoms with Crippen LogP contribution in [0.3, 0.4) is 0 Å². The number of carbonyl (C=O) groups is 2. The Balaban J connectivity index is 2.12. The Bertz CT molecular complexity index is 691. The highest BCUT2D eigenvalue weighted by Gasteiger charge is 2.20. The summed E-state index contributed by atoms with van der Waals surface area (Å²) < 4.78 is 5.14. The van der Waals surface area contributed by atoms with Gasteiger partial charge in [0.25, 0.3) is 0 Å². The normalized spacial score (nSPS) is 10.1. The van der Waals surface area contributed by atoms with Gasteiger partial charge in [-0.2, -0.15) is 0 Å². The quantitative estimate of drug-likeness (QED) is 0.875. The first kappa shape index (κ1) is 15.8. The summed E-state index contributed by atoms with van der Waals surface area (Å²) >= 11 is 5.68. The van der Waals surface area contributed by atoms with Crippen molar-refractivity contribution in [2.45, 2.75) is 6.61 Å². The second-order valence-electron chi connectivity index (χ2n) is 4.43. The molecule has 0 radical (unpaired) electrons. The largest absolute Gasteiger partial charge is 0.478 e. The molecule has 7 heteroatoms. The zero-order valence-electron chi connectivity index (χ0n) is 11.7. The first-order valence-corrected chi connectivity index (χ1v) is 6.70. The minimum Gasteiger partial charge on any atom is -0.478 e. The van der Waals surface area contributed by atoms with Gasteiger partial charge in [-0.05, 0) is 11.6 Å². The summed E-state index contributed by atoms with van der Waals surface area (Å²) in [5.41, 5.74) is 0.811. The van der Waals surface area contributed by atoms with Crippen LogP contribution in [-0.4, -0.2) is 29.2 Å². The number of aromatic carboxylic acids is 1. The summed E-state index contributed by atoms with van der Waals surface area (Å²) in [6.45, 7) is 0.0907. The van der Waals surface area contributed by atoms with Crippen LogP contribution >= 0.6 is 11.6 Å². The molecule has 0 aliphatic rings. The molecule has 0 aliphatic carbocycles. The summed E-state index contributed by atoms with van der Waals surface area (Å²) in [6, 6.07) is 10.3. The van der Waals surface area contributed by atoms with Gasteiger partial charge in [-0.3, -0.25) is 4.90 Å². The first-order chi connectivity index (χ1) is 10.5. The van der Waals surface area contributed by atoms with Crippen LogP contribution in [-0.2, 0) is 11.3 Å². The number of aromatic nitrogens is 1. The third-order valence-corrected chi connectivity index (χ3v) is 3.13. The van der Waals surface area contributed by atoms with E-state index in [1.165, 1.54) is 19.3 Å². The Labute approximate surface area is 131 Å². The van der Waals surface area contributed by atoms with Gasteiger partial charge in [0.15, 0.2) is 0 Å². The van der Waals surface area contributed by atoms with Gasteiger partial charge in [0, 0.05) is 7.05 Å². The zero-order valence-corrected chi connectivity index (χ0v) is 12.4. The molecule has 114 valence electrons. The van der Waals surface area contributed by atoms with Gasteiger partial charge in [0.1, 0.15) is 11.8 Å². The van der Waals surface area contributed by atoms with Crippen LogP contribution < -0.4 is 4.90 Å². The number of carbonyl (C=O) groups excluding carboxylic acids is 1. The van der Waals surface area contributed by atoms with E-state index in [-0.39, 0.29) is 23.0 Å². The molecule has 0 saturated heterocycles. The van der Waals surface area contributed by atoms with Crippen molar-refractivity contribution in [1.82, 2.24) is 4.98 Å². The van der Waals surface area contributed by atoms with Crippen molar-refractivity contribution in [2.75, 3.05) is 11.9 Å². The number of carboxylic acids is 1. The lowest BCUT2D eigenvalue weighted by Crippen LogP contribution is -2.28. The van der Waals surface area contributed by atoms with Gasteiger partial charge in [0.05, 0.1) is 17.4 Å². The molecule has 1 amide bonds. The molecule has 0 unspecified atom stereocenters. The highest BCUT2D eigenvalue weighted by molar-refractivity contribution is 6.29. The molecule has 0 fully saturated rings. The fraction of sp³-hybridized carbons (Fsp3) is 0.133. The van der Waals surface area contributed by atoms with Gasteiger partial charge >= 0.3 is 12.1 Å². The second-order valence-corrected chi connectivity index (χ2v) is 4.82. The summed E-state index contributed by atoms with van der Waals surface area (Å²) in [5, 5.41) is 9.20. The number of benzene rings is 1. The molecule has 1 aromatic heterocycles. The third-order valence-electron chi connectivity index (χ3n) is 2.92. The lowest BCUT2D eigenvalue weighted by atomic mass is 10.2. The molecule has 1 aromatic carbocycles. The number of anilines is 1. The summed E-state index contributed by atoms with van der Waals surface area (Å²) in [5.74, 6) is -1.21. The maximum atomic E-state index is 12.0. The number of nitrogens with zero attached hydrogens (tertiary/aromatic N) is 2. The van der Waals surface area contributed by atoms with Crippen molar-refractivity contribution in [2.24, 2.45) is 0 Å². The average molecular weight is 321 g/mol. The van der Waals surface area contributed by atoms with Crippen LogP contribution in [0.1, 0.15) is 15.9 Å². The number of carboxylic acid groups (broad SMARTS) is 1. The Kier molecular flexibility index (Phi) is 4.95. The maximum Gasteiger partial charge on any atom is 0.414 e. The van der Waals surface area contributed by atoms with Crippen molar-refractivity contribution in [1.29, 1.82) is 0 Å². The van der Waals surface area contributed by atoms with Crippen molar-refractivity contribution in [3.63, 3.8) is 0 Å². The predicted octanol–water partition coefficient (Wildman–Crippen LogP) is 3.21. The average Bonchev–Trinajstić information content (AvgIpc) is 2.52. The maximum absolute atomic E-state index is 12.0. The Morgan fingerprint density at radius 2 is 2.00 bits per heavy atom. The van der Waals surface area contributed by atoms with Crippen LogP contribution in [0.2, 0.25) is 5.15 Å². The van der Waals surface area contributed by atoms with Gasteiger partial charge < -0.3 is 9.84 Å². The van der Waals surface area contributed by atoms with E-state index in [9.17, 15) is 9.59 Å². The van der Waals surface area contributed by atoms with Crippen molar-refractivity contribution in [3.8, 4) is 0 Å². The third kappa shape index (κ3) is 3.73. The molecular weight excluding hydrogens is 308 g/mol. The van der Waals surface area contributed by atoms with E-state index in [0.29, 0.717) is 0 Å². The second kappa shape index (κ2) is 6.91. The van der Waals surface area contributed by atoms with Crippen molar-refractivity contribution in [3.05, 3.63) is 58.9 Å². The van der Waals surface area contributed by atoms with Crippen LogP contribution in [0.4, 0.5) is 10.5 Å². The Morgan fingerprint density at radius 1 is 1.32 bits per heavy atom. The standard InChI is InChI=1S/C15H13ClN2O4/c1-18(12-8-17-13(16)7-11(12)14(19)20)15(21)22-9-10-5-3-2-4-6-10/h2-8H,9H2,1H3,(H,19,20). The lowest BCUT2D eigenvalue weighted by molar-refractivity contribution is 0.0697. The number of hydrogen-bond donors (Lipinski definition) is 1. The van der Waals surface area contributed by atoms with Crippen LogP contribution in [0.25, 0.3) is 0 Å². The fourth-order valence-electron chi connectivity index (χ4n) is 1.78. The zero-order chi connectivity index (χ0) is 16.1. The molecular formula is C15H13ClN2O4. The summed E-state index contributed by atoms with van der Waals surface area (Å²) in [4.78, 5) is 28.1. The minimum atomic E-state index is -1.21. The van der Waals surface area contributed by atoms with Gasteiger partial charge in [-0.15, -0.1) is 0 Å². The van der Waals surface area contributed by atoms with Gasteiger partial charge in [-0.1, -0.05) is 41.9 Å². The number of pyridine rings is 1. The highest BCUT2D eigenvalue weighted by atomic mass is 35.5. The number of hydrogen-bond acceptors (Lipinski definition) is 4. The van der Waals surface area contributed by atoms with E-state index in [1.807, 2.05) is 30.3 Å².